The molecule has 0 saturated carbocycles. The molecular weight excluding hydrogens is 448 g/mol. The fraction of sp³-hybridized carbons (Fsp3) is 0.161. The molecule has 1 N–H and O–H groups in total. The number of benzene rings is 4. The zero-order valence-electron chi connectivity index (χ0n) is 20.2. The highest BCUT2D eigenvalue weighted by molar-refractivity contribution is 7.14. The van der Waals surface area contributed by atoms with E-state index in [0.29, 0.717) is 5.13 Å². The van der Waals surface area contributed by atoms with Crippen LogP contribution in [0.3, 0.4) is 0 Å². The number of carbonyl (C=O) groups excluding carboxylic acids is 1. The Labute approximate surface area is 210 Å². The first-order chi connectivity index (χ1) is 16.9. The minimum absolute atomic E-state index is 0.0510. The zero-order chi connectivity index (χ0) is 24.4. The van der Waals surface area contributed by atoms with Crippen molar-refractivity contribution in [3.8, 4) is 11.3 Å². The summed E-state index contributed by atoms with van der Waals surface area (Å²) < 4.78 is 0. The van der Waals surface area contributed by atoms with Crippen molar-refractivity contribution in [3.63, 3.8) is 0 Å². The molecule has 4 heteroatoms. The van der Waals surface area contributed by atoms with Crippen LogP contribution < -0.4 is 5.32 Å². The van der Waals surface area contributed by atoms with Gasteiger partial charge < -0.3 is 5.32 Å². The predicted octanol–water partition coefficient (Wildman–Crippen LogP) is 8.07. The Kier molecular flexibility index (Phi) is 6.23. The van der Waals surface area contributed by atoms with E-state index in [1.807, 2.05) is 55.6 Å². The first kappa shape index (κ1) is 23.0. The van der Waals surface area contributed by atoms with E-state index < -0.39 is 5.41 Å². The Morgan fingerprint density at radius 3 is 2.00 bits per heavy atom. The lowest BCUT2D eigenvalue weighted by Crippen LogP contribution is -2.37. The first-order valence-corrected chi connectivity index (χ1v) is 12.7. The highest BCUT2D eigenvalue weighted by atomic mass is 32.1. The standard InChI is InChI=1S/C31H28N2OS/c1-21-18-19-26(25-17-11-10-16-24(21)25)27-20-35-30(32-27)33-29(34)31(2,3)28(22-12-6-4-7-13-22)23-14-8-5-9-15-23/h4-20,28H,1-3H3,(H,32,33,34). The quantitative estimate of drug-likeness (QED) is 0.269. The molecule has 174 valence electrons. The third-order valence-corrected chi connectivity index (χ3v) is 7.47. The van der Waals surface area contributed by atoms with Crippen LogP contribution in [-0.2, 0) is 4.79 Å². The summed E-state index contributed by atoms with van der Waals surface area (Å²) in [5.41, 5.74) is 4.72. The molecule has 0 unspecified atom stereocenters. The average molecular weight is 477 g/mol. The van der Waals surface area contributed by atoms with Gasteiger partial charge in [0, 0.05) is 16.9 Å². The van der Waals surface area contributed by atoms with Crippen LogP contribution >= 0.6 is 11.3 Å². The smallest absolute Gasteiger partial charge is 0.232 e. The van der Waals surface area contributed by atoms with Gasteiger partial charge in [-0.3, -0.25) is 4.79 Å². The second kappa shape index (κ2) is 9.47. The number of anilines is 1. The molecule has 0 spiro atoms. The molecule has 5 rings (SSSR count). The third kappa shape index (κ3) is 4.50. The summed E-state index contributed by atoms with van der Waals surface area (Å²) >= 11 is 1.46. The normalized spacial score (nSPS) is 11.7. The number of hydrogen-bond acceptors (Lipinski definition) is 3. The van der Waals surface area contributed by atoms with Gasteiger partial charge in [-0.25, -0.2) is 4.98 Å². The van der Waals surface area contributed by atoms with E-state index >= 15 is 0 Å². The largest absolute Gasteiger partial charge is 0.301 e. The molecule has 5 aromatic rings. The van der Waals surface area contributed by atoms with Crippen molar-refractivity contribution >= 4 is 33.1 Å². The van der Waals surface area contributed by atoms with Crippen molar-refractivity contribution in [2.24, 2.45) is 5.41 Å². The third-order valence-electron chi connectivity index (χ3n) is 6.72. The number of carbonyl (C=O) groups is 1. The van der Waals surface area contributed by atoms with Crippen molar-refractivity contribution < 1.29 is 4.79 Å². The van der Waals surface area contributed by atoms with Crippen molar-refractivity contribution in [1.82, 2.24) is 4.98 Å². The van der Waals surface area contributed by atoms with E-state index in [1.54, 1.807) is 0 Å². The van der Waals surface area contributed by atoms with Gasteiger partial charge in [0.15, 0.2) is 5.13 Å². The van der Waals surface area contributed by atoms with Crippen molar-refractivity contribution in [2.45, 2.75) is 26.7 Å². The number of thiazole rings is 1. The number of hydrogen-bond donors (Lipinski definition) is 1. The number of nitrogens with zero attached hydrogens (tertiary/aromatic N) is 1. The van der Waals surface area contributed by atoms with Gasteiger partial charge in [-0.05, 0) is 34.4 Å². The van der Waals surface area contributed by atoms with Gasteiger partial charge in [-0.2, -0.15) is 0 Å². The summed E-state index contributed by atoms with van der Waals surface area (Å²) in [4.78, 5) is 18.5. The maximum absolute atomic E-state index is 13.7. The minimum Gasteiger partial charge on any atom is -0.301 e. The molecule has 0 fully saturated rings. The number of nitrogens with one attached hydrogen (secondary N) is 1. The van der Waals surface area contributed by atoms with Crippen molar-refractivity contribution in [2.75, 3.05) is 5.32 Å². The van der Waals surface area contributed by atoms with Gasteiger partial charge in [0.1, 0.15) is 0 Å². The number of aryl methyl sites for hydroxylation is 1. The molecule has 0 radical (unpaired) electrons. The van der Waals surface area contributed by atoms with Crippen LogP contribution in [0.1, 0.15) is 36.5 Å². The Balaban J connectivity index is 1.45. The summed E-state index contributed by atoms with van der Waals surface area (Å²) in [5, 5.41) is 8.14. The van der Waals surface area contributed by atoms with E-state index in [0.717, 1.165) is 22.4 Å². The average Bonchev–Trinajstić information content (AvgIpc) is 3.34. The SMILES string of the molecule is Cc1ccc(-c2csc(NC(=O)C(C)(C)C(c3ccccc3)c3ccccc3)n2)c2ccccc12. The van der Waals surface area contributed by atoms with Gasteiger partial charge in [0.25, 0.3) is 0 Å². The van der Waals surface area contributed by atoms with E-state index in [1.165, 1.54) is 27.7 Å². The summed E-state index contributed by atoms with van der Waals surface area (Å²) in [6, 6.07) is 33.1. The maximum Gasteiger partial charge on any atom is 0.232 e. The Morgan fingerprint density at radius 1 is 0.800 bits per heavy atom. The monoisotopic (exact) mass is 476 g/mol. The molecule has 3 nitrogen and oxygen atoms in total. The summed E-state index contributed by atoms with van der Waals surface area (Å²) in [5.74, 6) is -0.143. The molecule has 0 aliphatic carbocycles. The lowest BCUT2D eigenvalue weighted by molar-refractivity contribution is -0.124. The molecule has 1 heterocycles. The Morgan fingerprint density at radius 2 is 1.37 bits per heavy atom. The molecule has 1 amide bonds. The fourth-order valence-electron chi connectivity index (χ4n) is 4.83. The summed E-state index contributed by atoms with van der Waals surface area (Å²) in [6.07, 6.45) is 0. The first-order valence-electron chi connectivity index (χ1n) is 11.8. The highest BCUT2D eigenvalue weighted by Gasteiger charge is 2.39. The lowest BCUT2D eigenvalue weighted by atomic mass is 9.70. The maximum atomic E-state index is 13.7. The van der Waals surface area contributed by atoms with Crippen LogP contribution in [0.2, 0.25) is 0 Å². The Bertz CT molecular complexity index is 1430. The number of amides is 1. The second-order valence-electron chi connectivity index (χ2n) is 9.44. The molecule has 1 aromatic heterocycles. The predicted molar refractivity (Wildman–Crippen MR) is 147 cm³/mol. The second-order valence-corrected chi connectivity index (χ2v) is 10.3. The van der Waals surface area contributed by atoms with E-state index in [4.69, 9.17) is 4.98 Å². The van der Waals surface area contributed by atoms with E-state index in [9.17, 15) is 4.79 Å². The van der Waals surface area contributed by atoms with Crippen molar-refractivity contribution in [3.05, 3.63) is 119 Å². The molecule has 0 aliphatic heterocycles. The van der Waals surface area contributed by atoms with Crippen LogP contribution in [0.4, 0.5) is 5.13 Å². The van der Waals surface area contributed by atoms with Gasteiger partial charge in [0.05, 0.1) is 11.1 Å². The lowest BCUT2D eigenvalue weighted by Gasteiger charge is -2.33. The van der Waals surface area contributed by atoms with Crippen LogP contribution in [0.5, 0.6) is 0 Å². The molecular formula is C31H28N2OS. The molecule has 0 bridgehead atoms. The van der Waals surface area contributed by atoms with Crippen LogP contribution in [-0.4, -0.2) is 10.9 Å². The molecule has 0 atom stereocenters. The van der Waals surface area contributed by atoms with Crippen molar-refractivity contribution in [1.29, 1.82) is 0 Å². The van der Waals surface area contributed by atoms with Crippen LogP contribution in [0.25, 0.3) is 22.0 Å². The molecule has 35 heavy (non-hydrogen) atoms. The number of aromatic nitrogens is 1. The zero-order valence-corrected chi connectivity index (χ0v) is 21.0. The minimum atomic E-state index is -0.703. The van der Waals surface area contributed by atoms with Gasteiger partial charge >= 0.3 is 0 Å². The van der Waals surface area contributed by atoms with E-state index in [-0.39, 0.29) is 11.8 Å². The number of fused-ring (bicyclic) bond motifs is 1. The molecule has 4 aromatic carbocycles. The molecule has 0 saturated heterocycles. The topological polar surface area (TPSA) is 42.0 Å². The highest BCUT2D eigenvalue weighted by Crippen LogP contribution is 2.42. The fourth-order valence-corrected chi connectivity index (χ4v) is 5.54. The Hall–Kier alpha value is -3.76. The van der Waals surface area contributed by atoms with Gasteiger partial charge in [-0.15, -0.1) is 11.3 Å². The van der Waals surface area contributed by atoms with Gasteiger partial charge in [-0.1, -0.05) is 111 Å². The van der Waals surface area contributed by atoms with Gasteiger partial charge in [0.2, 0.25) is 5.91 Å². The van der Waals surface area contributed by atoms with Crippen LogP contribution in [0, 0.1) is 12.3 Å². The summed E-state index contributed by atoms with van der Waals surface area (Å²) in [6.45, 7) is 6.14. The van der Waals surface area contributed by atoms with E-state index in [2.05, 4.69) is 72.9 Å². The summed E-state index contributed by atoms with van der Waals surface area (Å²) in [7, 11) is 0. The molecule has 0 aliphatic rings. The van der Waals surface area contributed by atoms with Crippen LogP contribution in [0.15, 0.2) is 102 Å². The number of rotatable bonds is 6.